The topological polar surface area (TPSA) is 60.6 Å². The molecule has 3 atom stereocenters. The van der Waals surface area contributed by atoms with Crippen molar-refractivity contribution < 1.29 is 24.0 Å². The molecule has 1 heterocycles. The fraction of sp³-hybridized carbons (Fsp3) is 0.955. The van der Waals surface area contributed by atoms with Crippen molar-refractivity contribution in [2.24, 2.45) is 11.8 Å². The lowest BCUT2D eigenvalue weighted by atomic mass is 9.90. The molecule has 1 fully saturated rings. The highest BCUT2D eigenvalue weighted by Crippen LogP contribution is 2.43. The summed E-state index contributed by atoms with van der Waals surface area (Å²) in [7, 11) is 0. The van der Waals surface area contributed by atoms with E-state index in [1.165, 1.54) is 0 Å². The average Bonchev–Trinajstić information content (AvgIpc) is 3.43. The number of carbonyl (C=O) groups excluding carboxylic acids is 1. The zero-order chi connectivity index (χ0) is 20.1. The number of unbranched alkanes of at least 4 members (excludes halogenated alkanes) is 4. The van der Waals surface area contributed by atoms with Crippen LogP contribution in [0.2, 0.25) is 0 Å². The van der Waals surface area contributed by atoms with E-state index in [-0.39, 0.29) is 12.0 Å². The Morgan fingerprint density at radius 2 is 1.44 bits per heavy atom. The van der Waals surface area contributed by atoms with E-state index in [2.05, 4.69) is 34.6 Å². The summed E-state index contributed by atoms with van der Waals surface area (Å²) in [6.07, 6.45) is 11.8. The molecular formula is C22H42O5. The second-order valence-electron chi connectivity index (χ2n) is 7.83. The van der Waals surface area contributed by atoms with E-state index in [9.17, 15) is 4.79 Å². The van der Waals surface area contributed by atoms with Crippen molar-refractivity contribution in [2.45, 2.75) is 124 Å². The molecule has 27 heavy (non-hydrogen) atoms. The first-order valence-corrected chi connectivity index (χ1v) is 11.3. The lowest BCUT2D eigenvalue weighted by Gasteiger charge is -2.27. The van der Waals surface area contributed by atoms with Crippen LogP contribution in [0.25, 0.3) is 0 Å². The second-order valence-corrected chi connectivity index (χ2v) is 7.83. The summed E-state index contributed by atoms with van der Waals surface area (Å²) in [6.45, 7) is 10.8. The minimum absolute atomic E-state index is 0.0469. The van der Waals surface area contributed by atoms with Crippen LogP contribution in [0.1, 0.15) is 112 Å². The lowest BCUT2D eigenvalue weighted by molar-refractivity contribution is -0.0966. The summed E-state index contributed by atoms with van der Waals surface area (Å²) in [5.41, 5.74) is 0. The molecule has 1 aliphatic heterocycles. The van der Waals surface area contributed by atoms with E-state index in [0.717, 1.165) is 77.0 Å². The van der Waals surface area contributed by atoms with Crippen molar-refractivity contribution in [3.05, 3.63) is 0 Å². The molecule has 0 saturated carbocycles. The Bertz CT molecular complexity index is 394. The maximum absolute atomic E-state index is 12.5. The minimum Gasteiger partial charge on any atom is -0.431 e. The molecule has 1 aliphatic rings. The van der Waals surface area contributed by atoms with E-state index in [4.69, 9.17) is 19.2 Å². The molecule has 160 valence electrons. The van der Waals surface area contributed by atoms with Crippen LogP contribution < -0.4 is 0 Å². The van der Waals surface area contributed by atoms with Gasteiger partial charge >= 0.3 is 12.1 Å². The highest BCUT2D eigenvalue weighted by atomic mass is 17.5. The molecule has 0 bridgehead atoms. The van der Waals surface area contributed by atoms with Crippen molar-refractivity contribution in [1.82, 2.24) is 0 Å². The molecule has 0 N–H and O–H groups in total. The molecule has 0 spiro atoms. The van der Waals surface area contributed by atoms with Gasteiger partial charge in [0.15, 0.2) is 0 Å². The number of hydrogen-bond acceptors (Lipinski definition) is 5. The second kappa shape index (κ2) is 13.4. The largest absolute Gasteiger partial charge is 0.513 e. The Labute approximate surface area is 166 Å². The molecule has 5 heteroatoms. The number of hydrogen-bond donors (Lipinski definition) is 0. The molecule has 0 aliphatic carbocycles. The van der Waals surface area contributed by atoms with Crippen LogP contribution in [0.5, 0.6) is 0 Å². The van der Waals surface area contributed by atoms with Crippen molar-refractivity contribution >= 4 is 6.16 Å². The predicted molar refractivity (Wildman–Crippen MR) is 107 cm³/mol. The van der Waals surface area contributed by atoms with Gasteiger partial charge in [0, 0.05) is 0 Å². The Balaban J connectivity index is 2.65. The van der Waals surface area contributed by atoms with Gasteiger partial charge in [-0.15, -0.1) is 0 Å². The van der Waals surface area contributed by atoms with Crippen LogP contribution in [0.4, 0.5) is 4.79 Å². The monoisotopic (exact) mass is 386 g/mol. The molecule has 0 aromatic heterocycles. The third-order valence-corrected chi connectivity index (χ3v) is 5.69. The van der Waals surface area contributed by atoms with E-state index >= 15 is 0 Å². The summed E-state index contributed by atoms with van der Waals surface area (Å²) in [5.74, 6) is -0.792. The molecule has 5 nitrogen and oxygen atoms in total. The number of ether oxygens (including phenoxy) is 2. The summed E-state index contributed by atoms with van der Waals surface area (Å²) in [4.78, 5) is 22.8. The van der Waals surface area contributed by atoms with Crippen LogP contribution in [0, 0.1) is 11.8 Å². The zero-order valence-electron chi connectivity index (χ0n) is 18.3. The first-order chi connectivity index (χ1) is 13.1. The van der Waals surface area contributed by atoms with Gasteiger partial charge in [0.1, 0.15) is 6.10 Å². The number of rotatable bonds is 16. The van der Waals surface area contributed by atoms with Gasteiger partial charge in [0.05, 0.1) is 5.92 Å². The van der Waals surface area contributed by atoms with Gasteiger partial charge in [-0.1, -0.05) is 73.1 Å². The summed E-state index contributed by atoms with van der Waals surface area (Å²) in [5, 5.41) is 0. The van der Waals surface area contributed by atoms with Gasteiger partial charge in [0.25, 0.3) is 0 Å². The first kappa shape index (κ1) is 24.2. The Kier molecular flexibility index (Phi) is 12.0. The van der Waals surface area contributed by atoms with Gasteiger partial charge in [-0.3, -0.25) is 0 Å². The van der Waals surface area contributed by atoms with Gasteiger partial charge in [-0.05, 0) is 44.4 Å². The molecular weight excluding hydrogens is 344 g/mol. The third kappa shape index (κ3) is 8.39. The summed E-state index contributed by atoms with van der Waals surface area (Å²) in [6, 6.07) is 0. The quantitative estimate of drug-likeness (QED) is 0.122. The molecule has 0 amide bonds. The van der Waals surface area contributed by atoms with Crippen molar-refractivity contribution in [3.63, 3.8) is 0 Å². The van der Waals surface area contributed by atoms with Gasteiger partial charge in [-0.2, -0.15) is 9.78 Å². The maximum Gasteiger partial charge on any atom is 0.513 e. The molecule has 0 radical (unpaired) electrons. The maximum atomic E-state index is 12.5. The van der Waals surface area contributed by atoms with E-state index in [1.54, 1.807) is 0 Å². The lowest BCUT2D eigenvalue weighted by Crippen LogP contribution is -2.34. The van der Waals surface area contributed by atoms with Crippen molar-refractivity contribution in [3.8, 4) is 0 Å². The van der Waals surface area contributed by atoms with Gasteiger partial charge < -0.3 is 9.47 Å². The first-order valence-electron chi connectivity index (χ1n) is 11.3. The van der Waals surface area contributed by atoms with Crippen molar-refractivity contribution in [2.75, 3.05) is 0 Å². The standard InChI is InChI=1S/C22H42O5/c1-6-11-14-17-20(18(9-4)15-12-7-2)24-21(23)25-22(26-27-22)19(10-5)16-13-8-3/h18-20H,6-17H2,1-5H3. The Hall–Kier alpha value is -0.810. The molecule has 1 saturated heterocycles. The third-order valence-electron chi connectivity index (χ3n) is 5.69. The number of carbonyl (C=O) groups is 1. The highest BCUT2D eigenvalue weighted by molar-refractivity contribution is 5.60. The normalized spacial score (nSPS) is 18.6. The Morgan fingerprint density at radius 3 is 1.96 bits per heavy atom. The average molecular weight is 387 g/mol. The van der Waals surface area contributed by atoms with E-state index in [0.29, 0.717) is 5.92 Å². The van der Waals surface area contributed by atoms with E-state index < -0.39 is 12.1 Å². The van der Waals surface area contributed by atoms with Crippen LogP contribution in [-0.2, 0) is 19.2 Å². The van der Waals surface area contributed by atoms with Gasteiger partial charge in [-0.25, -0.2) is 4.79 Å². The van der Waals surface area contributed by atoms with Crippen LogP contribution in [0.3, 0.4) is 0 Å². The van der Waals surface area contributed by atoms with E-state index in [1.807, 2.05) is 0 Å². The van der Waals surface area contributed by atoms with Crippen LogP contribution >= 0.6 is 0 Å². The molecule has 3 unspecified atom stereocenters. The smallest absolute Gasteiger partial charge is 0.431 e. The van der Waals surface area contributed by atoms with Crippen LogP contribution in [-0.4, -0.2) is 18.2 Å². The van der Waals surface area contributed by atoms with Gasteiger partial charge in [0.2, 0.25) is 0 Å². The summed E-state index contributed by atoms with van der Waals surface area (Å²) < 4.78 is 11.3. The predicted octanol–water partition coefficient (Wildman–Crippen LogP) is 7.14. The SMILES string of the molecule is CCCCCC(OC(=O)OC1(C(CC)CCCC)OO1)C(CC)CCCC. The highest BCUT2D eigenvalue weighted by Gasteiger charge is 2.60. The van der Waals surface area contributed by atoms with Crippen LogP contribution in [0.15, 0.2) is 0 Å². The minimum atomic E-state index is -1.22. The fourth-order valence-corrected chi connectivity index (χ4v) is 3.75. The molecule has 0 aromatic rings. The Morgan fingerprint density at radius 1 is 0.815 bits per heavy atom. The van der Waals surface area contributed by atoms with Crippen molar-refractivity contribution in [1.29, 1.82) is 0 Å². The zero-order valence-corrected chi connectivity index (χ0v) is 18.3. The summed E-state index contributed by atoms with van der Waals surface area (Å²) >= 11 is 0. The fourth-order valence-electron chi connectivity index (χ4n) is 3.75. The molecule has 0 aromatic carbocycles. The molecule has 1 rings (SSSR count).